The summed E-state index contributed by atoms with van der Waals surface area (Å²) in [6.45, 7) is 3.18. The fourth-order valence-electron chi connectivity index (χ4n) is 3.40. The highest BCUT2D eigenvalue weighted by Gasteiger charge is 2.36. The monoisotopic (exact) mass is 356 g/mol. The summed E-state index contributed by atoms with van der Waals surface area (Å²) in [5, 5.41) is 7.12. The van der Waals surface area contributed by atoms with Crippen molar-refractivity contribution in [1.29, 1.82) is 0 Å². The van der Waals surface area contributed by atoms with E-state index < -0.39 is 0 Å². The maximum Gasteiger partial charge on any atom is 0.224 e. The molecule has 1 aliphatic heterocycles. The molecule has 0 aliphatic carbocycles. The first kappa shape index (κ1) is 18.0. The highest BCUT2D eigenvalue weighted by molar-refractivity contribution is 5.77. The average molecular weight is 356 g/mol. The van der Waals surface area contributed by atoms with Gasteiger partial charge in [0.25, 0.3) is 0 Å². The van der Waals surface area contributed by atoms with Gasteiger partial charge in [-0.05, 0) is 23.8 Å². The number of ether oxygens (including phenoxy) is 1. The summed E-state index contributed by atoms with van der Waals surface area (Å²) in [4.78, 5) is 26.0. The van der Waals surface area contributed by atoms with E-state index in [0.717, 1.165) is 11.3 Å². The Morgan fingerprint density at radius 2 is 2.04 bits per heavy atom. The van der Waals surface area contributed by atoms with E-state index in [2.05, 4.69) is 10.4 Å². The molecule has 0 unspecified atom stereocenters. The number of likely N-dealkylation sites (tertiary alicyclic amines) is 1. The van der Waals surface area contributed by atoms with Crippen molar-refractivity contribution in [2.24, 2.45) is 0 Å². The molecule has 7 heteroatoms. The van der Waals surface area contributed by atoms with Gasteiger partial charge in [0.05, 0.1) is 13.2 Å². The summed E-state index contributed by atoms with van der Waals surface area (Å²) >= 11 is 0. The van der Waals surface area contributed by atoms with Crippen molar-refractivity contribution in [3.8, 4) is 5.75 Å². The van der Waals surface area contributed by atoms with Gasteiger partial charge in [-0.15, -0.1) is 0 Å². The molecule has 1 saturated heterocycles. The van der Waals surface area contributed by atoms with E-state index in [4.69, 9.17) is 4.74 Å². The van der Waals surface area contributed by atoms with Gasteiger partial charge >= 0.3 is 0 Å². The lowest BCUT2D eigenvalue weighted by atomic mass is 9.94. The standard InChI is InChI=1S/C19H24N4O3/c1-14(24)21-18-13-22(19(25)8-11-23-10-3-9-20-23)12-17(18)15-4-6-16(26-2)7-5-15/h3-7,9-10,17-18H,8,11-13H2,1-2H3,(H,21,24)/t17-,18+/m0/s1. The topological polar surface area (TPSA) is 76.5 Å². The Balaban J connectivity index is 1.68. The van der Waals surface area contributed by atoms with Crippen LogP contribution in [-0.4, -0.2) is 52.7 Å². The van der Waals surface area contributed by atoms with E-state index >= 15 is 0 Å². The maximum atomic E-state index is 12.6. The summed E-state index contributed by atoms with van der Waals surface area (Å²) in [5.74, 6) is 0.847. The Hall–Kier alpha value is -2.83. The summed E-state index contributed by atoms with van der Waals surface area (Å²) < 4.78 is 6.96. The summed E-state index contributed by atoms with van der Waals surface area (Å²) in [5.41, 5.74) is 1.09. The number of aromatic nitrogens is 2. The van der Waals surface area contributed by atoms with E-state index in [-0.39, 0.29) is 23.8 Å². The van der Waals surface area contributed by atoms with Crippen LogP contribution in [0, 0.1) is 0 Å². The molecular formula is C19H24N4O3. The third kappa shape index (κ3) is 4.22. The number of aryl methyl sites for hydroxylation is 1. The second kappa shape index (κ2) is 8.03. The molecule has 2 heterocycles. The first-order valence-electron chi connectivity index (χ1n) is 8.73. The molecule has 2 aromatic rings. The van der Waals surface area contributed by atoms with Crippen LogP contribution in [-0.2, 0) is 16.1 Å². The van der Waals surface area contributed by atoms with Gasteiger partial charge in [0.15, 0.2) is 0 Å². The van der Waals surface area contributed by atoms with Crippen LogP contribution in [0.3, 0.4) is 0 Å². The molecule has 1 aromatic heterocycles. The SMILES string of the molecule is COc1ccc([C@@H]2CN(C(=O)CCn3cccn3)C[C@H]2NC(C)=O)cc1. The van der Waals surface area contributed by atoms with Gasteiger partial charge in [-0.2, -0.15) is 5.10 Å². The number of hydrogen-bond acceptors (Lipinski definition) is 4. The number of nitrogens with zero attached hydrogens (tertiary/aromatic N) is 3. The van der Waals surface area contributed by atoms with Gasteiger partial charge < -0.3 is 15.0 Å². The van der Waals surface area contributed by atoms with Crippen molar-refractivity contribution in [1.82, 2.24) is 20.0 Å². The molecular weight excluding hydrogens is 332 g/mol. The Labute approximate surface area is 152 Å². The van der Waals surface area contributed by atoms with E-state index in [1.165, 1.54) is 6.92 Å². The van der Waals surface area contributed by atoms with Gasteiger partial charge in [-0.25, -0.2) is 0 Å². The molecule has 1 fully saturated rings. The van der Waals surface area contributed by atoms with E-state index in [1.807, 2.05) is 41.4 Å². The molecule has 0 bridgehead atoms. The highest BCUT2D eigenvalue weighted by Crippen LogP contribution is 2.29. The second-order valence-electron chi connectivity index (χ2n) is 6.50. The predicted octanol–water partition coefficient (Wildman–Crippen LogP) is 1.41. The van der Waals surface area contributed by atoms with Crippen molar-refractivity contribution in [2.75, 3.05) is 20.2 Å². The van der Waals surface area contributed by atoms with Gasteiger partial charge in [0.2, 0.25) is 11.8 Å². The van der Waals surface area contributed by atoms with Crippen molar-refractivity contribution >= 4 is 11.8 Å². The van der Waals surface area contributed by atoms with E-state index in [0.29, 0.717) is 26.1 Å². The Morgan fingerprint density at radius 3 is 2.65 bits per heavy atom. The zero-order chi connectivity index (χ0) is 18.5. The van der Waals surface area contributed by atoms with Crippen molar-refractivity contribution in [3.05, 3.63) is 48.3 Å². The zero-order valence-corrected chi connectivity index (χ0v) is 15.1. The largest absolute Gasteiger partial charge is 0.497 e. The first-order valence-corrected chi connectivity index (χ1v) is 8.73. The molecule has 2 amide bonds. The number of carbonyl (C=O) groups excluding carboxylic acids is 2. The number of hydrogen-bond donors (Lipinski definition) is 1. The lowest BCUT2D eigenvalue weighted by molar-refractivity contribution is -0.130. The fraction of sp³-hybridized carbons (Fsp3) is 0.421. The van der Waals surface area contributed by atoms with Gasteiger partial charge in [-0.1, -0.05) is 12.1 Å². The summed E-state index contributed by atoms with van der Waals surface area (Å²) in [7, 11) is 1.63. The summed E-state index contributed by atoms with van der Waals surface area (Å²) in [6.07, 6.45) is 3.94. The molecule has 0 saturated carbocycles. The fourth-order valence-corrected chi connectivity index (χ4v) is 3.40. The highest BCUT2D eigenvalue weighted by atomic mass is 16.5. The molecule has 0 spiro atoms. The number of nitrogens with one attached hydrogen (secondary N) is 1. The van der Waals surface area contributed by atoms with Crippen molar-refractivity contribution in [2.45, 2.75) is 31.8 Å². The average Bonchev–Trinajstić information content (AvgIpc) is 3.29. The molecule has 138 valence electrons. The van der Waals surface area contributed by atoms with E-state index in [1.54, 1.807) is 18.0 Å². The summed E-state index contributed by atoms with van der Waals surface area (Å²) in [6, 6.07) is 9.55. The van der Waals surface area contributed by atoms with Gasteiger partial charge in [0.1, 0.15) is 5.75 Å². The molecule has 1 aliphatic rings. The minimum atomic E-state index is -0.0884. The third-order valence-corrected chi connectivity index (χ3v) is 4.72. The lowest BCUT2D eigenvalue weighted by Crippen LogP contribution is -2.39. The van der Waals surface area contributed by atoms with Crippen LogP contribution in [0.4, 0.5) is 0 Å². The Kier molecular flexibility index (Phi) is 5.55. The first-order chi connectivity index (χ1) is 12.6. The molecule has 1 N–H and O–H groups in total. The van der Waals surface area contributed by atoms with Crippen LogP contribution in [0.15, 0.2) is 42.7 Å². The third-order valence-electron chi connectivity index (χ3n) is 4.72. The minimum Gasteiger partial charge on any atom is -0.497 e. The molecule has 3 rings (SSSR count). The van der Waals surface area contributed by atoms with Crippen LogP contribution < -0.4 is 10.1 Å². The van der Waals surface area contributed by atoms with Crippen LogP contribution in [0.2, 0.25) is 0 Å². The Morgan fingerprint density at radius 1 is 1.27 bits per heavy atom. The molecule has 1 aromatic carbocycles. The second-order valence-corrected chi connectivity index (χ2v) is 6.50. The zero-order valence-electron chi connectivity index (χ0n) is 15.1. The smallest absolute Gasteiger partial charge is 0.224 e. The van der Waals surface area contributed by atoms with Gasteiger partial charge in [0, 0.05) is 51.3 Å². The van der Waals surface area contributed by atoms with Crippen LogP contribution in [0.25, 0.3) is 0 Å². The van der Waals surface area contributed by atoms with Crippen molar-refractivity contribution < 1.29 is 14.3 Å². The number of carbonyl (C=O) groups is 2. The number of amides is 2. The normalized spacial score (nSPS) is 19.4. The molecule has 26 heavy (non-hydrogen) atoms. The van der Waals surface area contributed by atoms with Crippen LogP contribution in [0.1, 0.15) is 24.8 Å². The number of rotatable bonds is 6. The van der Waals surface area contributed by atoms with Gasteiger partial charge in [-0.3, -0.25) is 14.3 Å². The van der Waals surface area contributed by atoms with Crippen LogP contribution in [0.5, 0.6) is 5.75 Å². The minimum absolute atomic E-state index is 0.0680. The quantitative estimate of drug-likeness (QED) is 0.849. The van der Waals surface area contributed by atoms with Crippen LogP contribution >= 0.6 is 0 Å². The number of methoxy groups -OCH3 is 1. The Bertz CT molecular complexity index is 743. The molecule has 0 radical (unpaired) electrons. The molecule has 7 nitrogen and oxygen atoms in total. The maximum absolute atomic E-state index is 12.6. The van der Waals surface area contributed by atoms with Crippen molar-refractivity contribution in [3.63, 3.8) is 0 Å². The lowest BCUT2D eigenvalue weighted by Gasteiger charge is -2.19. The number of benzene rings is 1. The van der Waals surface area contributed by atoms with E-state index in [9.17, 15) is 9.59 Å². The predicted molar refractivity (Wildman–Crippen MR) is 96.8 cm³/mol. The molecule has 2 atom stereocenters.